The number of thiophene rings is 1. The van der Waals surface area contributed by atoms with Gasteiger partial charge in [-0.15, -0.1) is 11.3 Å². The van der Waals surface area contributed by atoms with E-state index in [9.17, 15) is 0 Å². The van der Waals surface area contributed by atoms with E-state index in [1.54, 1.807) is 0 Å². The third-order valence-corrected chi connectivity index (χ3v) is 5.34. The van der Waals surface area contributed by atoms with Crippen molar-refractivity contribution in [3.63, 3.8) is 0 Å². The van der Waals surface area contributed by atoms with Gasteiger partial charge in [-0.05, 0) is 28.3 Å². The van der Waals surface area contributed by atoms with Crippen LogP contribution in [-0.4, -0.2) is 7.85 Å². The molecule has 4 aromatic rings. The summed E-state index contributed by atoms with van der Waals surface area (Å²) in [6.07, 6.45) is 0. The van der Waals surface area contributed by atoms with Crippen molar-refractivity contribution in [2.75, 3.05) is 0 Å². The first kappa shape index (κ1) is 11.3. The van der Waals surface area contributed by atoms with Crippen LogP contribution in [0.5, 0.6) is 0 Å². The highest BCUT2D eigenvalue weighted by Gasteiger charge is 2.11. The molecule has 4 rings (SSSR count). The molecule has 3 aromatic carbocycles. The Kier molecular flexibility index (Phi) is 2.38. The van der Waals surface area contributed by atoms with Gasteiger partial charge in [0.15, 0.2) is 0 Å². The third kappa shape index (κ3) is 1.54. The summed E-state index contributed by atoms with van der Waals surface area (Å²) in [4.78, 5) is 0. The zero-order valence-electron chi connectivity index (χ0n) is 10.4. The Bertz CT molecular complexity index is 940. The lowest BCUT2D eigenvalue weighted by atomic mass is 9.90. The summed E-state index contributed by atoms with van der Waals surface area (Å²) in [6, 6.07) is 17.1. The quantitative estimate of drug-likeness (QED) is 0.425. The lowest BCUT2D eigenvalue weighted by molar-refractivity contribution is 1.82. The van der Waals surface area contributed by atoms with Crippen LogP contribution in [0.25, 0.3) is 30.9 Å². The molecule has 0 unspecified atom stereocenters. The Morgan fingerprint density at radius 1 is 0.895 bits per heavy atom. The number of benzene rings is 3. The predicted molar refractivity (Wildman–Crippen MR) is 90.0 cm³/mol. The van der Waals surface area contributed by atoms with Crippen LogP contribution in [0, 0.1) is 0 Å². The van der Waals surface area contributed by atoms with Crippen LogP contribution in [0.3, 0.4) is 0 Å². The van der Waals surface area contributed by atoms with Crippen molar-refractivity contribution in [3.05, 3.63) is 53.6 Å². The van der Waals surface area contributed by atoms with E-state index < -0.39 is 0 Å². The molecule has 90 valence electrons. The van der Waals surface area contributed by atoms with Crippen molar-refractivity contribution in [2.24, 2.45) is 0 Å². The minimum Gasteiger partial charge on any atom is -0.135 e. The average molecular weight is 281 g/mol. The normalized spacial score (nSPS) is 11.6. The maximum atomic E-state index is 6.27. The second-order valence-corrected chi connectivity index (χ2v) is 6.27. The first-order chi connectivity index (χ1) is 9.25. The fourth-order valence-corrected chi connectivity index (χ4v) is 4.20. The Balaban J connectivity index is 2.32. The SMILES string of the molecule is Bc1c(Cl)ccc2sc3c4ccccc4ccc3c12. The van der Waals surface area contributed by atoms with Gasteiger partial charge in [-0.1, -0.05) is 53.5 Å². The highest BCUT2D eigenvalue weighted by Crippen LogP contribution is 2.38. The molecule has 0 nitrogen and oxygen atoms in total. The molecule has 19 heavy (non-hydrogen) atoms. The third-order valence-electron chi connectivity index (χ3n) is 3.72. The summed E-state index contributed by atoms with van der Waals surface area (Å²) in [5, 5.41) is 6.10. The zero-order chi connectivity index (χ0) is 13.0. The summed E-state index contributed by atoms with van der Waals surface area (Å²) in [6.45, 7) is 0. The van der Waals surface area contributed by atoms with Crippen LogP contribution < -0.4 is 5.46 Å². The Hall–Kier alpha value is -1.51. The number of hydrogen-bond acceptors (Lipinski definition) is 1. The molecule has 3 heteroatoms. The summed E-state index contributed by atoms with van der Waals surface area (Å²) in [5.41, 5.74) is 1.18. The molecule has 0 saturated carbocycles. The lowest BCUT2D eigenvalue weighted by Gasteiger charge is -2.01. The Morgan fingerprint density at radius 3 is 2.63 bits per heavy atom. The molecule has 0 amide bonds. The zero-order valence-corrected chi connectivity index (χ0v) is 12.0. The highest BCUT2D eigenvalue weighted by atomic mass is 35.5. The number of halogens is 1. The number of fused-ring (bicyclic) bond motifs is 5. The molecule has 0 aliphatic carbocycles. The van der Waals surface area contributed by atoms with Crippen LogP contribution in [-0.2, 0) is 0 Å². The average Bonchev–Trinajstić information content (AvgIpc) is 2.82. The summed E-state index contributed by atoms with van der Waals surface area (Å²) in [5.74, 6) is 0. The van der Waals surface area contributed by atoms with Crippen LogP contribution in [0.15, 0.2) is 48.5 Å². The van der Waals surface area contributed by atoms with Gasteiger partial charge in [0.25, 0.3) is 0 Å². The van der Waals surface area contributed by atoms with Gasteiger partial charge in [0.1, 0.15) is 7.85 Å². The molecule has 0 aliphatic heterocycles. The van der Waals surface area contributed by atoms with E-state index in [2.05, 4.69) is 50.3 Å². The molecule has 0 saturated heterocycles. The van der Waals surface area contributed by atoms with Gasteiger partial charge < -0.3 is 0 Å². The Morgan fingerprint density at radius 2 is 1.74 bits per heavy atom. The van der Waals surface area contributed by atoms with Gasteiger partial charge in [0, 0.05) is 19.8 Å². The van der Waals surface area contributed by atoms with Gasteiger partial charge >= 0.3 is 0 Å². The molecule has 1 aromatic heterocycles. The van der Waals surface area contributed by atoms with Gasteiger partial charge in [0.2, 0.25) is 0 Å². The molecule has 0 aliphatic rings. The van der Waals surface area contributed by atoms with Crippen LogP contribution in [0.2, 0.25) is 5.02 Å². The van der Waals surface area contributed by atoms with E-state index in [1.165, 1.54) is 36.4 Å². The van der Waals surface area contributed by atoms with Crippen molar-refractivity contribution in [1.29, 1.82) is 0 Å². The Labute approximate surface area is 121 Å². The van der Waals surface area contributed by atoms with E-state index in [4.69, 9.17) is 11.6 Å². The summed E-state index contributed by atoms with van der Waals surface area (Å²) in [7, 11) is 2.10. The van der Waals surface area contributed by atoms with Crippen molar-refractivity contribution in [1.82, 2.24) is 0 Å². The second-order valence-electron chi connectivity index (χ2n) is 4.81. The molecular formula is C16H10BClS. The molecule has 1 heterocycles. The minimum atomic E-state index is 0.848. The van der Waals surface area contributed by atoms with Crippen LogP contribution in [0.1, 0.15) is 0 Å². The first-order valence-corrected chi connectivity index (χ1v) is 7.44. The fraction of sp³-hybridized carbons (Fsp3) is 0. The molecule has 0 radical (unpaired) electrons. The van der Waals surface area contributed by atoms with Gasteiger partial charge in [-0.2, -0.15) is 0 Å². The van der Waals surface area contributed by atoms with E-state index in [0.29, 0.717) is 0 Å². The first-order valence-electron chi connectivity index (χ1n) is 6.25. The summed E-state index contributed by atoms with van der Waals surface area (Å²) >= 11 is 8.12. The molecule has 0 N–H and O–H groups in total. The van der Waals surface area contributed by atoms with Crippen molar-refractivity contribution in [3.8, 4) is 0 Å². The minimum absolute atomic E-state index is 0.848. The van der Waals surface area contributed by atoms with E-state index in [0.717, 1.165) is 5.02 Å². The largest absolute Gasteiger partial charge is 0.142 e. The van der Waals surface area contributed by atoms with E-state index >= 15 is 0 Å². The maximum absolute atomic E-state index is 6.27. The van der Waals surface area contributed by atoms with Gasteiger partial charge in [-0.3, -0.25) is 0 Å². The molecule has 0 spiro atoms. The van der Waals surface area contributed by atoms with Gasteiger partial charge in [-0.25, -0.2) is 0 Å². The lowest BCUT2D eigenvalue weighted by Crippen LogP contribution is -2.04. The number of hydrogen-bond donors (Lipinski definition) is 0. The molecule has 0 fully saturated rings. The molecule has 0 bridgehead atoms. The van der Waals surface area contributed by atoms with Crippen molar-refractivity contribution in [2.45, 2.75) is 0 Å². The van der Waals surface area contributed by atoms with Gasteiger partial charge in [0.05, 0.1) is 0 Å². The maximum Gasteiger partial charge on any atom is 0.142 e. The van der Waals surface area contributed by atoms with E-state index in [1.807, 2.05) is 17.4 Å². The highest BCUT2D eigenvalue weighted by molar-refractivity contribution is 7.27. The van der Waals surface area contributed by atoms with Crippen LogP contribution >= 0.6 is 22.9 Å². The monoisotopic (exact) mass is 280 g/mol. The number of rotatable bonds is 0. The summed E-state index contributed by atoms with van der Waals surface area (Å²) < 4.78 is 2.67. The van der Waals surface area contributed by atoms with Crippen molar-refractivity contribution < 1.29 is 0 Å². The smallest absolute Gasteiger partial charge is 0.135 e. The fourth-order valence-electron chi connectivity index (χ4n) is 2.74. The van der Waals surface area contributed by atoms with Crippen molar-refractivity contribution >= 4 is 67.2 Å². The molecular weight excluding hydrogens is 271 g/mol. The predicted octanol–water partition coefficient (Wildman–Crippen LogP) is 4.12. The van der Waals surface area contributed by atoms with E-state index in [-0.39, 0.29) is 0 Å². The topological polar surface area (TPSA) is 0 Å². The molecule has 0 atom stereocenters. The second kappa shape index (κ2) is 3.99. The standard InChI is InChI=1S/C16H10BClS/c17-15-12(18)7-8-13-14(15)11-6-5-9-3-1-2-4-10(9)16(11)19-13/h1-8H,17H2. The van der Waals surface area contributed by atoms with Crippen LogP contribution in [0.4, 0.5) is 0 Å².